The fourth-order valence-electron chi connectivity index (χ4n) is 2.57. The molecule has 2 heteroatoms. The third kappa shape index (κ3) is 0.960. The monoisotopic (exact) mass is 174 g/mol. The summed E-state index contributed by atoms with van der Waals surface area (Å²) in [6.07, 6.45) is 1.23. The molecule has 0 amide bonds. The predicted octanol–water partition coefficient (Wildman–Crippen LogP) is 0.978. The van der Waals surface area contributed by atoms with Crippen molar-refractivity contribution in [1.29, 1.82) is 0 Å². The molecule has 2 heterocycles. The van der Waals surface area contributed by atoms with Gasteiger partial charge in [0.25, 0.3) is 0 Å². The molecule has 68 valence electrons. The molecule has 1 atom stereocenters. The quantitative estimate of drug-likeness (QED) is 0.612. The molecule has 2 aliphatic heterocycles. The van der Waals surface area contributed by atoms with E-state index in [0.717, 1.165) is 19.6 Å². The summed E-state index contributed by atoms with van der Waals surface area (Å²) in [5.41, 5.74) is 3.25. The van der Waals surface area contributed by atoms with E-state index in [9.17, 15) is 0 Å². The highest BCUT2D eigenvalue weighted by molar-refractivity contribution is 5.39. The van der Waals surface area contributed by atoms with Gasteiger partial charge in [-0.15, -0.1) is 0 Å². The zero-order valence-corrected chi connectivity index (χ0v) is 7.64. The molecule has 1 unspecified atom stereocenters. The van der Waals surface area contributed by atoms with Crippen LogP contribution in [0.5, 0.6) is 0 Å². The van der Waals surface area contributed by atoms with Crippen molar-refractivity contribution in [2.24, 2.45) is 0 Å². The smallest absolute Gasteiger partial charge is 0.0578 e. The number of fused-ring (bicyclic) bond motifs is 2. The van der Waals surface area contributed by atoms with Gasteiger partial charge in [-0.3, -0.25) is 0 Å². The average Bonchev–Trinajstić information content (AvgIpc) is 2.78. The first-order valence-electron chi connectivity index (χ1n) is 4.95. The minimum atomic E-state index is 0.261. The third-order valence-corrected chi connectivity index (χ3v) is 3.31. The first kappa shape index (κ1) is 7.54. The molecule has 0 radical (unpaired) electrons. The van der Waals surface area contributed by atoms with E-state index in [1.54, 1.807) is 0 Å². The van der Waals surface area contributed by atoms with E-state index in [0.29, 0.717) is 0 Å². The topological polar surface area (TPSA) is 24.1 Å². The van der Waals surface area contributed by atoms with Crippen molar-refractivity contribution in [2.75, 3.05) is 13.1 Å². The van der Waals surface area contributed by atoms with Gasteiger partial charge in [-0.1, -0.05) is 24.3 Å². The first-order valence-corrected chi connectivity index (χ1v) is 4.95. The van der Waals surface area contributed by atoms with Crippen LogP contribution in [0.2, 0.25) is 0 Å². The molecule has 3 rings (SSSR count). The summed E-state index contributed by atoms with van der Waals surface area (Å²) >= 11 is 0. The van der Waals surface area contributed by atoms with Gasteiger partial charge in [-0.25, -0.2) is 0 Å². The summed E-state index contributed by atoms with van der Waals surface area (Å²) in [5, 5.41) is 7.07. The molecule has 0 aliphatic carbocycles. The Labute approximate surface area is 78.3 Å². The van der Waals surface area contributed by atoms with Crippen molar-refractivity contribution < 1.29 is 0 Å². The van der Waals surface area contributed by atoms with E-state index >= 15 is 0 Å². The van der Waals surface area contributed by atoms with Gasteiger partial charge in [-0.05, 0) is 24.1 Å². The van der Waals surface area contributed by atoms with Crippen LogP contribution in [0.1, 0.15) is 17.5 Å². The van der Waals surface area contributed by atoms with Crippen molar-refractivity contribution in [3.05, 3.63) is 35.4 Å². The molecule has 2 N–H and O–H groups in total. The van der Waals surface area contributed by atoms with Gasteiger partial charge < -0.3 is 10.6 Å². The Morgan fingerprint density at radius 1 is 1.23 bits per heavy atom. The summed E-state index contributed by atoms with van der Waals surface area (Å²) in [6, 6.07) is 8.77. The van der Waals surface area contributed by atoms with Gasteiger partial charge in [0.05, 0.1) is 5.54 Å². The molecule has 0 saturated carbocycles. The minimum absolute atomic E-state index is 0.261. The number of nitrogens with one attached hydrogen (secondary N) is 2. The second-order valence-corrected chi connectivity index (χ2v) is 4.02. The van der Waals surface area contributed by atoms with Gasteiger partial charge in [0.15, 0.2) is 0 Å². The molecule has 0 aromatic heterocycles. The van der Waals surface area contributed by atoms with Gasteiger partial charge in [-0.2, -0.15) is 0 Å². The Morgan fingerprint density at radius 2 is 2.15 bits per heavy atom. The van der Waals surface area contributed by atoms with Crippen LogP contribution >= 0.6 is 0 Å². The number of benzene rings is 1. The number of hydrogen-bond acceptors (Lipinski definition) is 2. The Balaban J connectivity index is 2.11. The fraction of sp³-hybridized carbons (Fsp3) is 0.455. The third-order valence-electron chi connectivity index (χ3n) is 3.31. The van der Waals surface area contributed by atoms with Crippen LogP contribution in [0.4, 0.5) is 0 Å². The summed E-state index contributed by atoms with van der Waals surface area (Å²) in [6.45, 7) is 3.27. The van der Waals surface area contributed by atoms with E-state index in [2.05, 4.69) is 34.9 Å². The second kappa shape index (κ2) is 2.56. The number of hydrogen-bond donors (Lipinski definition) is 2. The Kier molecular flexibility index (Phi) is 1.49. The highest BCUT2D eigenvalue weighted by atomic mass is 15.1. The van der Waals surface area contributed by atoms with Crippen LogP contribution in [0.15, 0.2) is 24.3 Å². The highest BCUT2D eigenvalue weighted by Crippen LogP contribution is 2.35. The molecule has 2 nitrogen and oxygen atoms in total. The van der Waals surface area contributed by atoms with E-state index in [-0.39, 0.29) is 5.54 Å². The first-order chi connectivity index (χ1) is 6.41. The van der Waals surface area contributed by atoms with E-state index < -0.39 is 0 Å². The van der Waals surface area contributed by atoms with Crippen LogP contribution in [-0.4, -0.2) is 13.1 Å². The molecule has 1 aromatic carbocycles. The van der Waals surface area contributed by atoms with Gasteiger partial charge in [0.2, 0.25) is 0 Å². The lowest BCUT2D eigenvalue weighted by atomic mass is 9.90. The van der Waals surface area contributed by atoms with Crippen molar-refractivity contribution >= 4 is 0 Å². The maximum absolute atomic E-state index is 3.63. The standard InChI is InChI=1S/C11H14N2/c1-2-4-10-9(3-1)7-13-11(10)5-6-12-8-11/h1-4,12-13H,5-8H2. The molecular formula is C11H14N2. The molecule has 13 heavy (non-hydrogen) atoms. The Hall–Kier alpha value is -0.860. The van der Waals surface area contributed by atoms with Crippen molar-refractivity contribution in [1.82, 2.24) is 10.6 Å². The van der Waals surface area contributed by atoms with Crippen molar-refractivity contribution in [3.63, 3.8) is 0 Å². The van der Waals surface area contributed by atoms with E-state index in [1.807, 2.05) is 0 Å². The lowest BCUT2D eigenvalue weighted by Gasteiger charge is -2.23. The van der Waals surface area contributed by atoms with Gasteiger partial charge >= 0.3 is 0 Å². The number of rotatable bonds is 0. The lowest BCUT2D eigenvalue weighted by molar-refractivity contribution is 0.399. The van der Waals surface area contributed by atoms with E-state index in [4.69, 9.17) is 0 Å². The summed E-state index contributed by atoms with van der Waals surface area (Å²) in [5.74, 6) is 0. The van der Waals surface area contributed by atoms with Crippen molar-refractivity contribution in [2.45, 2.75) is 18.5 Å². The van der Waals surface area contributed by atoms with Gasteiger partial charge in [0.1, 0.15) is 0 Å². The van der Waals surface area contributed by atoms with Crippen LogP contribution < -0.4 is 10.6 Å². The molecule has 2 aliphatic rings. The second-order valence-electron chi connectivity index (χ2n) is 4.02. The van der Waals surface area contributed by atoms with Crippen molar-refractivity contribution in [3.8, 4) is 0 Å². The molecule has 1 spiro atoms. The summed E-state index contributed by atoms with van der Waals surface area (Å²) in [7, 11) is 0. The maximum atomic E-state index is 3.63. The SMILES string of the molecule is c1ccc2c(c1)CNC21CCNC1. The van der Waals surface area contributed by atoms with Crippen LogP contribution in [-0.2, 0) is 12.1 Å². The van der Waals surface area contributed by atoms with E-state index in [1.165, 1.54) is 17.5 Å². The zero-order valence-electron chi connectivity index (χ0n) is 7.64. The van der Waals surface area contributed by atoms with Crippen LogP contribution in [0.3, 0.4) is 0 Å². The molecule has 0 bridgehead atoms. The van der Waals surface area contributed by atoms with Gasteiger partial charge in [0, 0.05) is 13.1 Å². The normalized spacial score (nSPS) is 31.1. The minimum Gasteiger partial charge on any atom is -0.314 e. The largest absolute Gasteiger partial charge is 0.314 e. The Bertz CT molecular complexity index is 327. The highest BCUT2D eigenvalue weighted by Gasteiger charge is 2.40. The maximum Gasteiger partial charge on any atom is 0.0578 e. The van der Waals surface area contributed by atoms with Crippen LogP contribution in [0.25, 0.3) is 0 Å². The zero-order chi connectivity index (χ0) is 8.73. The fourth-order valence-corrected chi connectivity index (χ4v) is 2.57. The summed E-state index contributed by atoms with van der Waals surface area (Å²) < 4.78 is 0. The molecule has 1 fully saturated rings. The lowest BCUT2D eigenvalue weighted by Crippen LogP contribution is -2.38. The molecule has 1 saturated heterocycles. The van der Waals surface area contributed by atoms with Crippen LogP contribution in [0, 0.1) is 0 Å². The predicted molar refractivity (Wildman–Crippen MR) is 52.4 cm³/mol. The molecule has 1 aromatic rings. The average molecular weight is 174 g/mol. The molecular weight excluding hydrogens is 160 g/mol. The Morgan fingerprint density at radius 3 is 3.00 bits per heavy atom. The summed E-state index contributed by atoms with van der Waals surface area (Å²) in [4.78, 5) is 0.